The summed E-state index contributed by atoms with van der Waals surface area (Å²) in [5, 5.41) is 18.7. The van der Waals surface area contributed by atoms with Gasteiger partial charge in [0.05, 0.1) is 12.2 Å². The first kappa shape index (κ1) is 14.3. The van der Waals surface area contributed by atoms with Crippen molar-refractivity contribution in [2.45, 2.75) is 23.5 Å². The summed E-state index contributed by atoms with van der Waals surface area (Å²) in [6, 6.07) is 6.43. The van der Waals surface area contributed by atoms with Crippen molar-refractivity contribution < 1.29 is 19.4 Å². The molecule has 0 radical (unpaired) electrons. The van der Waals surface area contributed by atoms with Crippen LogP contribution in [0.15, 0.2) is 29.2 Å². The normalized spacial score (nSPS) is 22.8. The molecule has 0 aliphatic carbocycles. The van der Waals surface area contributed by atoms with E-state index in [1.165, 1.54) is 22.7 Å². The molecule has 1 amide bonds. The van der Waals surface area contributed by atoms with E-state index in [-0.39, 0.29) is 31.2 Å². The predicted molar refractivity (Wildman–Crippen MR) is 70.3 cm³/mol. The van der Waals surface area contributed by atoms with E-state index in [4.69, 9.17) is 0 Å². The van der Waals surface area contributed by atoms with Crippen molar-refractivity contribution in [3.63, 3.8) is 0 Å². The Morgan fingerprint density at radius 2 is 1.95 bits per heavy atom. The lowest BCUT2D eigenvalue weighted by Crippen LogP contribution is -2.29. The number of hydrogen-bond acceptors (Lipinski definition) is 4. The summed E-state index contributed by atoms with van der Waals surface area (Å²) in [5.41, 5.74) is 0. The fourth-order valence-corrected chi connectivity index (χ4v) is 2.82. The van der Waals surface area contributed by atoms with Crippen LogP contribution in [-0.4, -0.2) is 52.1 Å². The smallest absolute Gasteiger partial charge is 0.223 e. The van der Waals surface area contributed by atoms with Crippen LogP contribution in [0.3, 0.4) is 0 Å². The van der Waals surface area contributed by atoms with E-state index in [2.05, 4.69) is 0 Å². The summed E-state index contributed by atoms with van der Waals surface area (Å²) in [4.78, 5) is 13.8. The molecular formula is C13H16FNO3S. The lowest BCUT2D eigenvalue weighted by molar-refractivity contribution is -0.130. The molecule has 1 aliphatic heterocycles. The van der Waals surface area contributed by atoms with Gasteiger partial charge in [-0.2, -0.15) is 0 Å². The molecule has 2 atom stereocenters. The highest BCUT2D eigenvalue weighted by Crippen LogP contribution is 2.22. The standard InChI is InChI=1S/C13H16FNO3S/c14-9-3-1-2-4-12(9)19-6-5-13(18)15-7-10(16)11(17)8-15/h1-4,10-11,16-17H,5-8H2. The number of thioether (sulfide) groups is 1. The molecular weight excluding hydrogens is 269 g/mol. The minimum absolute atomic E-state index is 0.126. The number of amides is 1. The van der Waals surface area contributed by atoms with Crippen LogP contribution in [0.2, 0.25) is 0 Å². The maximum absolute atomic E-state index is 13.3. The first-order valence-corrected chi connectivity index (χ1v) is 7.07. The summed E-state index contributed by atoms with van der Waals surface area (Å²) in [6.07, 6.45) is -1.45. The van der Waals surface area contributed by atoms with Gasteiger partial charge in [-0.15, -0.1) is 11.8 Å². The van der Waals surface area contributed by atoms with Crippen LogP contribution in [0.5, 0.6) is 0 Å². The molecule has 4 nitrogen and oxygen atoms in total. The molecule has 104 valence electrons. The second kappa shape index (κ2) is 6.36. The Hall–Kier alpha value is -1.11. The molecule has 1 fully saturated rings. The van der Waals surface area contributed by atoms with Crippen molar-refractivity contribution in [3.8, 4) is 0 Å². The molecule has 1 aromatic rings. The number of benzene rings is 1. The maximum Gasteiger partial charge on any atom is 0.223 e. The molecule has 2 unspecified atom stereocenters. The number of aliphatic hydroxyl groups is 2. The molecule has 0 aromatic heterocycles. The third-order valence-corrected chi connectivity index (χ3v) is 4.07. The first-order valence-electron chi connectivity index (χ1n) is 6.09. The van der Waals surface area contributed by atoms with E-state index in [1.807, 2.05) is 0 Å². The Morgan fingerprint density at radius 3 is 2.58 bits per heavy atom. The van der Waals surface area contributed by atoms with E-state index in [9.17, 15) is 19.4 Å². The highest BCUT2D eigenvalue weighted by Gasteiger charge is 2.31. The summed E-state index contributed by atoms with van der Waals surface area (Å²) in [6.45, 7) is 0.342. The van der Waals surface area contributed by atoms with Crippen molar-refractivity contribution in [3.05, 3.63) is 30.1 Å². The lowest BCUT2D eigenvalue weighted by atomic mass is 10.3. The third kappa shape index (κ3) is 3.68. The summed E-state index contributed by atoms with van der Waals surface area (Å²) < 4.78 is 13.3. The van der Waals surface area contributed by atoms with Gasteiger partial charge in [0.2, 0.25) is 5.91 Å². The number of hydrogen-bond donors (Lipinski definition) is 2. The zero-order valence-corrected chi connectivity index (χ0v) is 11.1. The number of likely N-dealkylation sites (tertiary alicyclic amines) is 1. The van der Waals surface area contributed by atoms with Crippen molar-refractivity contribution in [2.24, 2.45) is 0 Å². The molecule has 0 spiro atoms. The van der Waals surface area contributed by atoms with E-state index in [0.29, 0.717) is 10.6 Å². The van der Waals surface area contributed by atoms with Gasteiger partial charge in [0.1, 0.15) is 5.82 Å². The molecule has 1 aromatic carbocycles. The zero-order chi connectivity index (χ0) is 13.8. The first-order chi connectivity index (χ1) is 9.08. The number of carbonyl (C=O) groups excluding carboxylic acids is 1. The zero-order valence-electron chi connectivity index (χ0n) is 10.3. The van der Waals surface area contributed by atoms with Gasteiger partial charge in [-0.1, -0.05) is 12.1 Å². The number of β-amino-alcohol motifs (C(OH)–C–C–N with tert-alkyl or cyclic N) is 2. The lowest BCUT2D eigenvalue weighted by Gasteiger charge is -2.14. The van der Waals surface area contributed by atoms with Crippen LogP contribution in [0.4, 0.5) is 4.39 Å². The Morgan fingerprint density at radius 1 is 1.32 bits per heavy atom. The Bertz CT molecular complexity index is 447. The monoisotopic (exact) mass is 285 g/mol. The number of rotatable bonds is 4. The van der Waals surface area contributed by atoms with Crippen LogP contribution < -0.4 is 0 Å². The van der Waals surface area contributed by atoms with Gasteiger partial charge in [-0.3, -0.25) is 4.79 Å². The summed E-state index contributed by atoms with van der Waals surface area (Å²) in [7, 11) is 0. The van der Waals surface area contributed by atoms with Crippen LogP contribution >= 0.6 is 11.8 Å². The van der Waals surface area contributed by atoms with Crippen molar-refractivity contribution >= 4 is 17.7 Å². The van der Waals surface area contributed by atoms with Crippen LogP contribution in [0.25, 0.3) is 0 Å². The minimum atomic E-state index is -0.858. The van der Waals surface area contributed by atoms with Crippen LogP contribution in [-0.2, 0) is 4.79 Å². The second-order valence-electron chi connectivity index (χ2n) is 4.46. The van der Waals surface area contributed by atoms with Gasteiger partial charge in [0.15, 0.2) is 0 Å². The molecule has 1 heterocycles. The minimum Gasteiger partial charge on any atom is -0.388 e. The molecule has 1 aliphatic rings. The van der Waals surface area contributed by atoms with E-state index < -0.39 is 12.2 Å². The fraction of sp³-hybridized carbons (Fsp3) is 0.462. The van der Waals surface area contributed by atoms with Crippen molar-refractivity contribution in [1.82, 2.24) is 4.90 Å². The molecule has 0 saturated carbocycles. The van der Waals surface area contributed by atoms with Gasteiger partial charge in [0.25, 0.3) is 0 Å². The molecule has 2 rings (SSSR count). The second-order valence-corrected chi connectivity index (χ2v) is 5.60. The highest BCUT2D eigenvalue weighted by molar-refractivity contribution is 7.99. The highest BCUT2D eigenvalue weighted by atomic mass is 32.2. The van der Waals surface area contributed by atoms with Gasteiger partial charge < -0.3 is 15.1 Å². The van der Waals surface area contributed by atoms with Crippen molar-refractivity contribution in [2.75, 3.05) is 18.8 Å². The predicted octanol–water partition coefficient (Wildman–Crippen LogP) is 0.872. The Balaban J connectivity index is 1.77. The number of nitrogens with zero attached hydrogens (tertiary/aromatic N) is 1. The van der Waals surface area contributed by atoms with E-state index in [1.54, 1.807) is 18.2 Å². The number of halogens is 1. The number of aliphatic hydroxyl groups excluding tert-OH is 2. The van der Waals surface area contributed by atoms with E-state index in [0.717, 1.165) is 0 Å². The van der Waals surface area contributed by atoms with Crippen LogP contribution in [0.1, 0.15) is 6.42 Å². The van der Waals surface area contributed by atoms with Crippen molar-refractivity contribution in [1.29, 1.82) is 0 Å². The summed E-state index contributed by atoms with van der Waals surface area (Å²) >= 11 is 1.29. The SMILES string of the molecule is O=C(CCSc1ccccc1F)N1CC(O)C(O)C1. The number of carbonyl (C=O) groups is 1. The average Bonchev–Trinajstić information content (AvgIpc) is 2.72. The largest absolute Gasteiger partial charge is 0.388 e. The molecule has 2 N–H and O–H groups in total. The molecule has 1 saturated heterocycles. The average molecular weight is 285 g/mol. The van der Waals surface area contributed by atoms with E-state index >= 15 is 0 Å². The Kier molecular flexibility index (Phi) is 4.79. The molecule has 19 heavy (non-hydrogen) atoms. The Labute approximate surface area is 115 Å². The molecule has 0 bridgehead atoms. The topological polar surface area (TPSA) is 60.8 Å². The van der Waals surface area contributed by atoms with Gasteiger partial charge in [0, 0.05) is 30.2 Å². The van der Waals surface area contributed by atoms with Gasteiger partial charge in [-0.05, 0) is 12.1 Å². The maximum atomic E-state index is 13.3. The van der Waals surface area contributed by atoms with Gasteiger partial charge >= 0.3 is 0 Å². The summed E-state index contributed by atoms with van der Waals surface area (Å²) in [5.74, 6) is 0.0639. The van der Waals surface area contributed by atoms with Gasteiger partial charge in [-0.25, -0.2) is 4.39 Å². The quantitative estimate of drug-likeness (QED) is 0.806. The fourth-order valence-electron chi connectivity index (χ4n) is 1.94. The third-order valence-electron chi connectivity index (χ3n) is 3.02. The van der Waals surface area contributed by atoms with Crippen LogP contribution in [0, 0.1) is 5.82 Å². The molecule has 6 heteroatoms.